The maximum atomic E-state index is 4.34. The Balaban J connectivity index is 1.82. The highest BCUT2D eigenvalue weighted by molar-refractivity contribution is 14.1. The van der Waals surface area contributed by atoms with E-state index in [0.29, 0.717) is 5.82 Å². The SMILES string of the molecule is Ic1cccc(-n2nnc(C=Cc3ccccc3)n2)c1. The molecule has 0 aliphatic rings. The number of hydrogen-bond donors (Lipinski definition) is 0. The third-order valence-corrected chi connectivity index (χ3v) is 3.36. The fourth-order valence-corrected chi connectivity index (χ4v) is 2.26. The topological polar surface area (TPSA) is 43.6 Å². The fraction of sp³-hybridized carbons (Fsp3) is 0. The summed E-state index contributed by atoms with van der Waals surface area (Å²) in [6.07, 6.45) is 3.82. The third kappa shape index (κ3) is 3.11. The van der Waals surface area contributed by atoms with Crippen LogP contribution in [0.3, 0.4) is 0 Å². The Bertz CT molecular complexity index is 734. The van der Waals surface area contributed by atoms with Gasteiger partial charge in [0.05, 0.1) is 5.69 Å². The predicted molar refractivity (Wildman–Crippen MR) is 87.2 cm³/mol. The molecule has 98 valence electrons. The van der Waals surface area contributed by atoms with Gasteiger partial charge in [-0.25, -0.2) is 0 Å². The van der Waals surface area contributed by atoms with Gasteiger partial charge < -0.3 is 0 Å². The summed E-state index contributed by atoms with van der Waals surface area (Å²) < 4.78 is 1.14. The predicted octanol–water partition coefficient (Wildman–Crippen LogP) is 3.44. The number of aromatic nitrogens is 4. The Hall–Kier alpha value is -2.02. The highest BCUT2D eigenvalue weighted by atomic mass is 127. The lowest BCUT2D eigenvalue weighted by atomic mass is 10.2. The summed E-state index contributed by atoms with van der Waals surface area (Å²) in [5.74, 6) is 0.590. The molecule has 0 fully saturated rings. The van der Waals surface area contributed by atoms with Crippen LogP contribution in [0.15, 0.2) is 54.6 Å². The van der Waals surface area contributed by atoms with Gasteiger partial charge in [0.25, 0.3) is 0 Å². The van der Waals surface area contributed by atoms with Crippen molar-refractivity contribution in [1.82, 2.24) is 20.2 Å². The smallest absolute Gasteiger partial charge is 0.130 e. The van der Waals surface area contributed by atoms with Gasteiger partial charge >= 0.3 is 0 Å². The molecule has 1 aromatic heterocycles. The van der Waals surface area contributed by atoms with Crippen LogP contribution < -0.4 is 0 Å². The summed E-state index contributed by atoms with van der Waals surface area (Å²) in [5, 5.41) is 12.4. The van der Waals surface area contributed by atoms with Crippen molar-refractivity contribution in [1.29, 1.82) is 0 Å². The van der Waals surface area contributed by atoms with Crippen molar-refractivity contribution >= 4 is 34.7 Å². The molecule has 2 aromatic carbocycles. The standard InChI is InChI=1S/C15H11IN4/c16-13-7-4-8-14(11-13)20-18-15(17-19-20)10-9-12-5-2-1-3-6-12/h1-11H. The van der Waals surface area contributed by atoms with Crippen molar-refractivity contribution in [3.05, 3.63) is 69.6 Å². The second-order valence-corrected chi connectivity index (χ2v) is 5.41. The first-order valence-corrected chi connectivity index (χ1v) is 7.18. The summed E-state index contributed by atoms with van der Waals surface area (Å²) in [4.78, 5) is 1.53. The Morgan fingerprint density at radius 3 is 2.60 bits per heavy atom. The zero-order chi connectivity index (χ0) is 13.8. The lowest BCUT2D eigenvalue weighted by molar-refractivity contribution is 0.719. The van der Waals surface area contributed by atoms with E-state index in [1.54, 1.807) is 0 Å². The van der Waals surface area contributed by atoms with Crippen LogP contribution in [0, 0.1) is 3.57 Å². The number of benzene rings is 2. The fourth-order valence-electron chi connectivity index (χ4n) is 1.74. The lowest BCUT2D eigenvalue weighted by Gasteiger charge is -1.97. The van der Waals surface area contributed by atoms with Crippen LogP contribution in [-0.4, -0.2) is 20.2 Å². The number of tetrazole rings is 1. The lowest BCUT2D eigenvalue weighted by Crippen LogP contribution is -1.98. The first-order valence-electron chi connectivity index (χ1n) is 6.10. The van der Waals surface area contributed by atoms with E-state index in [1.165, 1.54) is 4.80 Å². The van der Waals surface area contributed by atoms with E-state index in [2.05, 4.69) is 38.0 Å². The molecule has 0 bridgehead atoms. The van der Waals surface area contributed by atoms with Gasteiger partial charge in [0.2, 0.25) is 0 Å². The molecule has 0 radical (unpaired) electrons. The van der Waals surface area contributed by atoms with Crippen LogP contribution in [0.4, 0.5) is 0 Å². The summed E-state index contributed by atoms with van der Waals surface area (Å²) in [7, 11) is 0. The molecular formula is C15H11IN4. The Morgan fingerprint density at radius 2 is 1.80 bits per heavy atom. The van der Waals surface area contributed by atoms with E-state index in [9.17, 15) is 0 Å². The van der Waals surface area contributed by atoms with E-state index < -0.39 is 0 Å². The van der Waals surface area contributed by atoms with E-state index in [-0.39, 0.29) is 0 Å². The van der Waals surface area contributed by atoms with E-state index >= 15 is 0 Å². The second-order valence-electron chi connectivity index (χ2n) is 4.16. The number of hydrogen-bond acceptors (Lipinski definition) is 3. The molecule has 4 nitrogen and oxygen atoms in total. The van der Waals surface area contributed by atoms with Gasteiger partial charge in [-0.3, -0.25) is 0 Å². The molecule has 0 unspecified atom stereocenters. The van der Waals surface area contributed by atoms with Gasteiger partial charge in [0.15, 0.2) is 5.82 Å². The Kier molecular flexibility index (Phi) is 3.87. The molecule has 0 spiro atoms. The molecule has 0 N–H and O–H groups in total. The summed E-state index contributed by atoms with van der Waals surface area (Å²) >= 11 is 2.26. The van der Waals surface area contributed by atoms with Gasteiger partial charge in [-0.1, -0.05) is 42.5 Å². The summed E-state index contributed by atoms with van der Waals surface area (Å²) in [6.45, 7) is 0. The van der Waals surface area contributed by atoms with Gasteiger partial charge in [-0.15, -0.1) is 15.0 Å². The van der Waals surface area contributed by atoms with E-state index in [0.717, 1.165) is 14.8 Å². The minimum atomic E-state index is 0.590. The average Bonchev–Trinajstić information content (AvgIpc) is 2.95. The number of halogens is 1. The van der Waals surface area contributed by atoms with Gasteiger partial charge in [0, 0.05) is 3.57 Å². The molecule has 3 aromatic rings. The van der Waals surface area contributed by atoms with E-state index in [1.807, 2.05) is 66.7 Å². The van der Waals surface area contributed by atoms with Crippen LogP contribution >= 0.6 is 22.6 Å². The largest absolute Gasteiger partial charge is 0.198 e. The van der Waals surface area contributed by atoms with Gasteiger partial charge in [0.1, 0.15) is 0 Å². The van der Waals surface area contributed by atoms with Crippen LogP contribution in [0.1, 0.15) is 11.4 Å². The van der Waals surface area contributed by atoms with Crippen molar-refractivity contribution in [2.45, 2.75) is 0 Å². The first-order chi connectivity index (χ1) is 9.81. The number of rotatable bonds is 3. The summed E-state index contributed by atoms with van der Waals surface area (Å²) in [5.41, 5.74) is 2.02. The minimum absolute atomic E-state index is 0.590. The van der Waals surface area contributed by atoms with Crippen LogP contribution in [0.2, 0.25) is 0 Å². The molecular weight excluding hydrogens is 363 g/mol. The van der Waals surface area contributed by atoms with Crippen molar-refractivity contribution in [3.8, 4) is 5.69 Å². The zero-order valence-electron chi connectivity index (χ0n) is 10.5. The highest BCUT2D eigenvalue weighted by Crippen LogP contribution is 2.11. The van der Waals surface area contributed by atoms with Crippen LogP contribution in [0.25, 0.3) is 17.8 Å². The Morgan fingerprint density at radius 1 is 0.950 bits per heavy atom. The normalized spacial score (nSPS) is 11.1. The molecule has 3 rings (SSSR count). The second kappa shape index (κ2) is 5.96. The zero-order valence-corrected chi connectivity index (χ0v) is 12.7. The average molecular weight is 374 g/mol. The number of nitrogens with zero attached hydrogens (tertiary/aromatic N) is 4. The third-order valence-electron chi connectivity index (χ3n) is 2.69. The van der Waals surface area contributed by atoms with Crippen molar-refractivity contribution in [3.63, 3.8) is 0 Å². The molecule has 1 heterocycles. The Labute approximate surface area is 130 Å². The van der Waals surface area contributed by atoms with Gasteiger partial charge in [-0.2, -0.15) is 0 Å². The maximum absolute atomic E-state index is 4.34. The molecule has 0 saturated carbocycles. The van der Waals surface area contributed by atoms with Crippen LogP contribution in [0.5, 0.6) is 0 Å². The monoisotopic (exact) mass is 374 g/mol. The van der Waals surface area contributed by atoms with Crippen LogP contribution in [-0.2, 0) is 0 Å². The highest BCUT2D eigenvalue weighted by Gasteiger charge is 2.02. The molecule has 0 aliphatic heterocycles. The molecule has 5 heteroatoms. The van der Waals surface area contributed by atoms with Crippen molar-refractivity contribution in [2.75, 3.05) is 0 Å². The van der Waals surface area contributed by atoms with E-state index in [4.69, 9.17) is 0 Å². The van der Waals surface area contributed by atoms with Crippen molar-refractivity contribution in [2.24, 2.45) is 0 Å². The molecule has 20 heavy (non-hydrogen) atoms. The van der Waals surface area contributed by atoms with Crippen molar-refractivity contribution < 1.29 is 0 Å². The van der Waals surface area contributed by atoms with Gasteiger partial charge in [-0.05, 0) is 57.6 Å². The molecule has 0 saturated heterocycles. The first kappa shape index (κ1) is 13.0. The quantitative estimate of drug-likeness (QED) is 0.660. The summed E-state index contributed by atoms with van der Waals surface area (Å²) in [6, 6.07) is 18.0. The molecule has 0 amide bonds. The molecule has 0 aliphatic carbocycles. The maximum Gasteiger partial charge on any atom is 0.198 e. The minimum Gasteiger partial charge on any atom is -0.130 e. The molecule has 0 atom stereocenters.